The Bertz CT molecular complexity index is 480. The van der Waals surface area contributed by atoms with Crippen LogP contribution in [0.15, 0.2) is 22.3 Å². The van der Waals surface area contributed by atoms with Crippen molar-refractivity contribution in [3.8, 4) is 0 Å². The van der Waals surface area contributed by atoms with Gasteiger partial charge in [0.05, 0.1) is 11.4 Å². The maximum atomic E-state index is 5.67. The predicted octanol–water partition coefficient (Wildman–Crippen LogP) is 0.647. The van der Waals surface area contributed by atoms with E-state index in [1.807, 2.05) is 19.1 Å². The Kier molecular flexibility index (Phi) is 2.55. The van der Waals surface area contributed by atoms with Gasteiger partial charge >= 0.3 is 0 Å². The molecule has 0 aliphatic heterocycles. The number of rotatable bonds is 2. The number of aromatic nitrogens is 5. The van der Waals surface area contributed by atoms with Gasteiger partial charge in [-0.2, -0.15) is 0 Å². The Hall–Kier alpha value is -1.63. The van der Waals surface area contributed by atoms with E-state index in [0.29, 0.717) is 10.8 Å². The van der Waals surface area contributed by atoms with Gasteiger partial charge in [0.25, 0.3) is 0 Å². The van der Waals surface area contributed by atoms with E-state index in [2.05, 4.69) is 20.5 Å². The second kappa shape index (κ2) is 3.85. The van der Waals surface area contributed by atoms with Gasteiger partial charge in [-0.25, -0.2) is 9.67 Å². The van der Waals surface area contributed by atoms with Crippen LogP contribution >= 0.6 is 11.8 Å². The van der Waals surface area contributed by atoms with E-state index in [1.165, 1.54) is 11.8 Å². The standard InChI is InChI=1S/C8H10N6S/c1-5-6(9)3-4-7(10-5)15-8-11-12-13-14(8)2/h3-4H,9H2,1-2H3. The molecule has 0 bridgehead atoms. The lowest BCUT2D eigenvalue weighted by Crippen LogP contribution is -1.96. The van der Waals surface area contributed by atoms with Gasteiger partial charge in [0, 0.05) is 7.05 Å². The Morgan fingerprint density at radius 2 is 2.20 bits per heavy atom. The number of nitrogen functional groups attached to an aromatic ring is 1. The van der Waals surface area contributed by atoms with E-state index in [4.69, 9.17) is 5.73 Å². The van der Waals surface area contributed by atoms with Crippen molar-refractivity contribution in [2.75, 3.05) is 5.73 Å². The van der Waals surface area contributed by atoms with Crippen LogP contribution in [0.2, 0.25) is 0 Å². The molecule has 0 aromatic carbocycles. The molecule has 0 saturated carbocycles. The molecular formula is C8H10N6S. The molecule has 2 heterocycles. The second-order valence-corrected chi connectivity index (χ2v) is 4.00. The van der Waals surface area contributed by atoms with E-state index in [0.717, 1.165) is 10.7 Å². The lowest BCUT2D eigenvalue weighted by molar-refractivity contribution is 0.664. The molecule has 0 amide bonds. The molecule has 2 N–H and O–H groups in total. The molecule has 0 fully saturated rings. The zero-order chi connectivity index (χ0) is 10.8. The zero-order valence-corrected chi connectivity index (χ0v) is 9.19. The average Bonchev–Trinajstić information content (AvgIpc) is 2.59. The molecule has 7 heteroatoms. The minimum Gasteiger partial charge on any atom is -0.397 e. The molecule has 2 aromatic heterocycles. The third-order valence-electron chi connectivity index (χ3n) is 1.88. The summed E-state index contributed by atoms with van der Waals surface area (Å²) in [5.41, 5.74) is 7.18. The Balaban J connectivity index is 2.25. The number of tetrazole rings is 1. The van der Waals surface area contributed by atoms with Crippen molar-refractivity contribution in [3.05, 3.63) is 17.8 Å². The molecule has 0 spiro atoms. The molecule has 0 aliphatic carbocycles. The van der Waals surface area contributed by atoms with Crippen LogP contribution in [0.4, 0.5) is 5.69 Å². The first-order valence-electron chi connectivity index (χ1n) is 4.30. The molecule has 0 atom stereocenters. The summed E-state index contributed by atoms with van der Waals surface area (Å²) in [7, 11) is 1.78. The van der Waals surface area contributed by atoms with Crippen LogP contribution in [0.1, 0.15) is 5.69 Å². The van der Waals surface area contributed by atoms with Gasteiger partial charge in [0.2, 0.25) is 5.16 Å². The van der Waals surface area contributed by atoms with E-state index >= 15 is 0 Å². The van der Waals surface area contributed by atoms with E-state index in [1.54, 1.807) is 11.7 Å². The summed E-state index contributed by atoms with van der Waals surface area (Å²) in [5, 5.41) is 12.7. The lowest BCUT2D eigenvalue weighted by atomic mass is 10.3. The summed E-state index contributed by atoms with van der Waals surface area (Å²) in [6.45, 7) is 1.87. The van der Waals surface area contributed by atoms with Crippen LogP contribution in [-0.2, 0) is 7.05 Å². The van der Waals surface area contributed by atoms with Crippen molar-refractivity contribution in [1.29, 1.82) is 0 Å². The molecule has 0 aliphatic rings. The number of hydrogen-bond donors (Lipinski definition) is 1. The highest BCUT2D eigenvalue weighted by molar-refractivity contribution is 7.99. The number of aryl methyl sites for hydroxylation is 2. The maximum absolute atomic E-state index is 5.67. The highest BCUT2D eigenvalue weighted by Crippen LogP contribution is 2.24. The van der Waals surface area contributed by atoms with E-state index < -0.39 is 0 Å². The minimum atomic E-state index is 0.690. The Labute approximate surface area is 90.9 Å². The lowest BCUT2D eigenvalue weighted by Gasteiger charge is -2.02. The van der Waals surface area contributed by atoms with Crippen molar-refractivity contribution in [3.63, 3.8) is 0 Å². The maximum Gasteiger partial charge on any atom is 0.215 e. The van der Waals surface area contributed by atoms with Crippen molar-refractivity contribution in [1.82, 2.24) is 25.2 Å². The summed E-state index contributed by atoms with van der Waals surface area (Å²) < 4.78 is 1.60. The van der Waals surface area contributed by atoms with Gasteiger partial charge in [0.15, 0.2) is 0 Å². The van der Waals surface area contributed by atoms with Crippen LogP contribution in [0.3, 0.4) is 0 Å². The molecule has 0 saturated heterocycles. The van der Waals surface area contributed by atoms with Gasteiger partial charge in [-0.15, -0.1) is 5.10 Å². The monoisotopic (exact) mass is 222 g/mol. The zero-order valence-electron chi connectivity index (χ0n) is 8.38. The second-order valence-electron chi connectivity index (χ2n) is 3.01. The fourth-order valence-corrected chi connectivity index (χ4v) is 1.76. The normalized spacial score (nSPS) is 10.5. The molecule has 2 rings (SSSR count). The van der Waals surface area contributed by atoms with Gasteiger partial charge in [0.1, 0.15) is 5.03 Å². The summed E-state index contributed by atoms with van der Waals surface area (Å²) in [5.74, 6) is 0. The van der Waals surface area contributed by atoms with Crippen molar-refractivity contribution < 1.29 is 0 Å². The topological polar surface area (TPSA) is 82.5 Å². The number of nitrogens with two attached hydrogens (primary N) is 1. The summed E-state index contributed by atoms with van der Waals surface area (Å²) in [6.07, 6.45) is 0. The highest BCUT2D eigenvalue weighted by Gasteiger charge is 2.06. The van der Waals surface area contributed by atoms with Crippen molar-refractivity contribution in [2.45, 2.75) is 17.1 Å². The first kappa shape index (κ1) is 9.91. The number of nitrogens with zero attached hydrogens (tertiary/aromatic N) is 5. The largest absolute Gasteiger partial charge is 0.397 e. The van der Waals surface area contributed by atoms with Crippen LogP contribution < -0.4 is 5.73 Å². The third-order valence-corrected chi connectivity index (χ3v) is 2.84. The Morgan fingerprint density at radius 3 is 2.80 bits per heavy atom. The quantitative estimate of drug-likeness (QED) is 0.803. The fourth-order valence-electron chi connectivity index (χ4n) is 1.01. The number of pyridine rings is 1. The molecular weight excluding hydrogens is 212 g/mol. The number of anilines is 1. The van der Waals surface area contributed by atoms with Crippen molar-refractivity contribution in [2.24, 2.45) is 7.05 Å². The SMILES string of the molecule is Cc1nc(Sc2nnnn2C)ccc1N. The fraction of sp³-hybridized carbons (Fsp3) is 0.250. The molecule has 6 nitrogen and oxygen atoms in total. The summed E-state index contributed by atoms with van der Waals surface area (Å²) >= 11 is 1.40. The number of hydrogen-bond acceptors (Lipinski definition) is 6. The molecule has 2 aromatic rings. The smallest absolute Gasteiger partial charge is 0.215 e. The van der Waals surface area contributed by atoms with Crippen LogP contribution in [0.5, 0.6) is 0 Å². The van der Waals surface area contributed by atoms with Crippen LogP contribution in [-0.4, -0.2) is 25.2 Å². The molecule has 0 radical (unpaired) electrons. The minimum absolute atomic E-state index is 0.690. The van der Waals surface area contributed by atoms with E-state index in [9.17, 15) is 0 Å². The molecule has 78 valence electrons. The first-order chi connectivity index (χ1) is 7.16. The van der Waals surface area contributed by atoms with Gasteiger partial charge < -0.3 is 5.73 Å². The highest BCUT2D eigenvalue weighted by atomic mass is 32.2. The summed E-state index contributed by atoms with van der Waals surface area (Å²) in [4.78, 5) is 4.32. The van der Waals surface area contributed by atoms with Crippen LogP contribution in [0.25, 0.3) is 0 Å². The predicted molar refractivity (Wildman–Crippen MR) is 56.3 cm³/mol. The third kappa shape index (κ3) is 2.07. The summed E-state index contributed by atoms with van der Waals surface area (Å²) in [6, 6.07) is 3.68. The van der Waals surface area contributed by atoms with E-state index in [-0.39, 0.29) is 0 Å². The van der Waals surface area contributed by atoms with Crippen LogP contribution in [0, 0.1) is 6.92 Å². The van der Waals surface area contributed by atoms with Gasteiger partial charge in [-0.1, -0.05) is 0 Å². The first-order valence-corrected chi connectivity index (χ1v) is 5.12. The molecule has 15 heavy (non-hydrogen) atoms. The van der Waals surface area contributed by atoms with Crippen molar-refractivity contribution >= 4 is 17.4 Å². The average molecular weight is 222 g/mol. The Morgan fingerprint density at radius 1 is 1.40 bits per heavy atom. The molecule has 0 unspecified atom stereocenters. The van der Waals surface area contributed by atoms with Gasteiger partial charge in [-0.05, 0) is 41.2 Å². The van der Waals surface area contributed by atoms with Gasteiger partial charge in [-0.3, -0.25) is 0 Å².